The van der Waals surface area contributed by atoms with Crippen LogP contribution in [0.2, 0.25) is 0 Å². The van der Waals surface area contributed by atoms with Gasteiger partial charge in [0.25, 0.3) is 5.91 Å². The van der Waals surface area contributed by atoms with Crippen molar-refractivity contribution in [2.24, 2.45) is 0 Å². The van der Waals surface area contributed by atoms with Gasteiger partial charge in [0.15, 0.2) is 3.77 Å². The van der Waals surface area contributed by atoms with Crippen molar-refractivity contribution in [2.45, 2.75) is 13.5 Å². The minimum atomic E-state index is -0.0423. The van der Waals surface area contributed by atoms with Crippen molar-refractivity contribution in [3.05, 3.63) is 57.1 Å². The summed E-state index contributed by atoms with van der Waals surface area (Å²) in [4.78, 5) is 11.8. The summed E-state index contributed by atoms with van der Waals surface area (Å²) in [5.41, 5.74) is 1.84. The monoisotopic (exact) mass is 384 g/mol. The lowest BCUT2D eigenvalue weighted by molar-refractivity contribution is 0.0954. The molecule has 0 aliphatic rings. The van der Waals surface area contributed by atoms with Gasteiger partial charge >= 0.3 is 0 Å². The molecule has 0 unspecified atom stereocenters. The normalized spacial score (nSPS) is 10.5. The molecule has 1 aromatic carbocycles. The fourth-order valence-corrected chi connectivity index (χ4v) is 2.19. The van der Waals surface area contributed by atoms with Gasteiger partial charge in [0.05, 0.1) is 6.54 Å². The van der Waals surface area contributed by atoms with Crippen LogP contribution in [0.25, 0.3) is 0 Å². The molecular formula is C15H17IN2O2. The van der Waals surface area contributed by atoms with Gasteiger partial charge in [-0.3, -0.25) is 4.79 Å². The van der Waals surface area contributed by atoms with Gasteiger partial charge in [-0.05, 0) is 53.8 Å². The Morgan fingerprint density at radius 1 is 1.15 bits per heavy atom. The van der Waals surface area contributed by atoms with Crippen molar-refractivity contribution in [3.63, 3.8) is 0 Å². The highest BCUT2D eigenvalue weighted by atomic mass is 127. The van der Waals surface area contributed by atoms with Crippen LogP contribution in [-0.4, -0.2) is 19.0 Å². The fraction of sp³-hybridized carbons (Fsp3) is 0.267. The van der Waals surface area contributed by atoms with E-state index in [1.54, 1.807) is 0 Å². The minimum absolute atomic E-state index is 0.0423. The van der Waals surface area contributed by atoms with Gasteiger partial charge in [-0.25, -0.2) is 0 Å². The number of hydrogen-bond donors (Lipinski definition) is 2. The molecule has 106 valence electrons. The van der Waals surface area contributed by atoms with Crippen LogP contribution in [0, 0.1) is 10.7 Å². The second kappa shape index (κ2) is 7.44. The lowest BCUT2D eigenvalue weighted by Gasteiger charge is -2.06. The first-order chi connectivity index (χ1) is 9.65. The zero-order valence-corrected chi connectivity index (χ0v) is 13.4. The lowest BCUT2D eigenvalue weighted by Crippen LogP contribution is -2.31. The summed E-state index contributed by atoms with van der Waals surface area (Å²) in [6.07, 6.45) is 0. The topological polar surface area (TPSA) is 54.3 Å². The predicted molar refractivity (Wildman–Crippen MR) is 86.6 cm³/mol. The number of halogens is 1. The van der Waals surface area contributed by atoms with Gasteiger partial charge in [-0.1, -0.05) is 17.7 Å². The molecule has 1 aromatic heterocycles. The summed E-state index contributed by atoms with van der Waals surface area (Å²) < 4.78 is 6.31. The van der Waals surface area contributed by atoms with Crippen LogP contribution < -0.4 is 10.6 Å². The van der Waals surface area contributed by atoms with Crippen LogP contribution in [0.5, 0.6) is 0 Å². The van der Waals surface area contributed by atoms with Crippen molar-refractivity contribution in [2.75, 3.05) is 13.1 Å². The second-order valence-electron chi connectivity index (χ2n) is 4.50. The number of nitrogens with one attached hydrogen (secondary N) is 2. The van der Waals surface area contributed by atoms with Crippen LogP contribution in [0.4, 0.5) is 0 Å². The molecule has 1 amide bonds. The quantitative estimate of drug-likeness (QED) is 0.595. The van der Waals surface area contributed by atoms with E-state index in [1.165, 1.54) is 0 Å². The van der Waals surface area contributed by atoms with E-state index >= 15 is 0 Å². The molecule has 20 heavy (non-hydrogen) atoms. The molecule has 5 heteroatoms. The van der Waals surface area contributed by atoms with Crippen LogP contribution >= 0.6 is 22.6 Å². The first-order valence-corrected chi connectivity index (χ1v) is 7.53. The third-order valence-electron chi connectivity index (χ3n) is 2.83. The van der Waals surface area contributed by atoms with Gasteiger partial charge in [-0.15, -0.1) is 0 Å². The molecule has 2 N–H and O–H groups in total. The largest absolute Gasteiger partial charge is 0.454 e. The Balaban J connectivity index is 1.65. The highest BCUT2D eigenvalue weighted by molar-refractivity contribution is 14.1. The summed E-state index contributed by atoms with van der Waals surface area (Å²) in [5, 5.41) is 6.10. The van der Waals surface area contributed by atoms with Crippen molar-refractivity contribution in [3.8, 4) is 0 Å². The molecule has 0 spiro atoms. The standard InChI is InChI=1S/C15H17IN2O2/c1-11-2-4-12(5-3-11)15(19)18-9-8-17-10-13-6-7-14(16)20-13/h2-7,17H,8-10H2,1H3,(H,18,19). The summed E-state index contributed by atoms with van der Waals surface area (Å²) in [5.74, 6) is 0.860. The number of aryl methyl sites for hydroxylation is 1. The van der Waals surface area contributed by atoms with E-state index < -0.39 is 0 Å². The van der Waals surface area contributed by atoms with E-state index in [0.717, 1.165) is 15.1 Å². The maximum Gasteiger partial charge on any atom is 0.251 e. The SMILES string of the molecule is Cc1ccc(C(=O)NCCNCc2ccc(I)o2)cc1. The van der Waals surface area contributed by atoms with Gasteiger partial charge < -0.3 is 15.1 Å². The van der Waals surface area contributed by atoms with Crippen molar-refractivity contribution in [1.82, 2.24) is 10.6 Å². The molecule has 2 aromatic rings. The van der Waals surface area contributed by atoms with E-state index in [9.17, 15) is 4.79 Å². The number of carbonyl (C=O) groups excluding carboxylic acids is 1. The third kappa shape index (κ3) is 4.64. The van der Waals surface area contributed by atoms with Crippen LogP contribution in [0.3, 0.4) is 0 Å². The molecular weight excluding hydrogens is 367 g/mol. The average Bonchev–Trinajstić information content (AvgIpc) is 2.84. The number of amides is 1. The first-order valence-electron chi connectivity index (χ1n) is 6.45. The van der Waals surface area contributed by atoms with Crippen LogP contribution in [-0.2, 0) is 6.54 Å². The molecule has 2 rings (SSSR count). The van der Waals surface area contributed by atoms with E-state index in [-0.39, 0.29) is 5.91 Å². The van der Waals surface area contributed by atoms with E-state index in [4.69, 9.17) is 4.42 Å². The molecule has 0 atom stereocenters. The summed E-state index contributed by atoms with van der Waals surface area (Å²) in [6, 6.07) is 11.4. The van der Waals surface area contributed by atoms with Crippen molar-refractivity contribution >= 4 is 28.5 Å². The average molecular weight is 384 g/mol. The highest BCUT2D eigenvalue weighted by Gasteiger charge is 2.03. The number of hydrogen-bond acceptors (Lipinski definition) is 3. The molecule has 0 fully saturated rings. The Hall–Kier alpha value is -1.34. The maximum atomic E-state index is 11.8. The second-order valence-corrected chi connectivity index (χ2v) is 5.57. The predicted octanol–water partition coefficient (Wildman–Crippen LogP) is 2.71. The fourth-order valence-electron chi connectivity index (χ4n) is 1.73. The molecule has 0 bridgehead atoms. The molecule has 0 aliphatic carbocycles. The number of furan rings is 1. The lowest BCUT2D eigenvalue weighted by atomic mass is 10.1. The number of carbonyl (C=O) groups is 1. The summed E-state index contributed by atoms with van der Waals surface area (Å²) in [6.45, 7) is 3.96. The number of benzene rings is 1. The third-order valence-corrected chi connectivity index (χ3v) is 3.41. The number of rotatable bonds is 6. The Morgan fingerprint density at radius 3 is 2.55 bits per heavy atom. The molecule has 0 saturated carbocycles. The zero-order chi connectivity index (χ0) is 14.4. The van der Waals surface area contributed by atoms with Gasteiger partial charge in [0.2, 0.25) is 0 Å². The van der Waals surface area contributed by atoms with Gasteiger partial charge in [0, 0.05) is 18.7 Å². The van der Waals surface area contributed by atoms with Crippen LogP contribution in [0.15, 0.2) is 40.8 Å². The Bertz CT molecular complexity index is 564. The smallest absolute Gasteiger partial charge is 0.251 e. The van der Waals surface area contributed by atoms with Crippen molar-refractivity contribution < 1.29 is 9.21 Å². The Labute approximate surface area is 132 Å². The minimum Gasteiger partial charge on any atom is -0.454 e. The Kier molecular flexibility index (Phi) is 5.60. The molecule has 4 nitrogen and oxygen atoms in total. The van der Waals surface area contributed by atoms with E-state index in [1.807, 2.05) is 43.3 Å². The van der Waals surface area contributed by atoms with Gasteiger partial charge in [0.1, 0.15) is 5.76 Å². The molecule has 0 saturated heterocycles. The van der Waals surface area contributed by atoms with Crippen molar-refractivity contribution in [1.29, 1.82) is 0 Å². The zero-order valence-electron chi connectivity index (χ0n) is 11.3. The van der Waals surface area contributed by atoms with E-state index in [0.29, 0.717) is 25.2 Å². The summed E-state index contributed by atoms with van der Waals surface area (Å²) >= 11 is 2.13. The van der Waals surface area contributed by atoms with E-state index in [2.05, 4.69) is 33.2 Å². The van der Waals surface area contributed by atoms with Crippen LogP contribution in [0.1, 0.15) is 21.7 Å². The first kappa shape index (κ1) is 15.1. The molecule has 1 heterocycles. The maximum absolute atomic E-state index is 11.8. The summed E-state index contributed by atoms with van der Waals surface area (Å²) in [7, 11) is 0. The molecule has 0 aliphatic heterocycles. The molecule has 0 radical (unpaired) electrons. The highest BCUT2D eigenvalue weighted by Crippen LogP contribution is 2.09. The Morgan fingerprint density at radius 2 is 1.90 bits per heavy atom. The van der Waals surface area contributed by atoms with Gasteiger partial charge in [-0.2, -0.15) is 0 Å².